The average molecular weight is 390 g/mol. The van der Waals surface area contributed by atoms with Gasteiger partial charge in [0.05, 0.1) is 5.69 Å². The summed E-state index contributed by atoms with van der Waals surface area (Å²) in [4.78, 5) is 4.82. The van der Waals surface area contributed by atoms with Gasteiger partial charge in [-0.15, -0.1) is 0 Å². The minimum Gasteiger partial charge on any atom is -0.256 e. The van der Waals surface area contributed by atoms with E-state index in [1.165, 1.54) is 39.0 Å². The van der Waals surface area contributed by atoms with E-state index in [9.17, 15) is 0 Å². The Kier molecular flexibility index (Phi) is 8.89. The molecule has 0 aliphatic carbocycles. The molecule has 0 N–H and O–H groups in total. The lowest BCUT2D eigenvalue weighted by molar-refractivity contribution is 0.679. The van der Waals surface area contributed by atoms with Crippen molar-refractivity contribution in [3.05, 3.63) is 75.4 Å². The highest BCUT2D eigenvalue weighted by Crippen LogP contribution is 2.25. The molecule has 0 saturated heterocycles. The SMILES string of the molecule is C/C=C(/C=N\c1cc(C)c(CCc2cc(CC)cc(CC)c2)cc1C)C(C)CC. The van der Waals surface area contributed by atoms with Gasteiger partial charge >= 0.3 is 0 Å². The third kappa shape index (κ3) is 6.42. The summed E-state index contributed by atoms with van der Waals surface area (Å²) in [6.45, 7) is 15.5. The molecule has 2 aromatic carbocycles. The summed E-state index contributed by atoms with van der Waals surface area (Å²) >= 11 is 0. The maximum Gasteiger partial charge on any atom is 0.0661 e. The maximum absolute atomic E-state index is 4.82. The molecule has 0 aliphatic heterocycles. The first-order valence-corrected chi connectivity index (χ1v) is 11.3. The summed E-state index contributed by atoms with van der Waals surface area (Å²) in [6, 6.07) is 11.7. The van der Waals surface area contributed by atoms with Crippen LogP contribution in [-0.4, -0.2) is 6.21 Å². The molecule has 1 atom stereocenters. The van der Waals surface area contributed by atoms with Crippen LogP contribution in [0.15, 0.2) is 47.0 Å². The van der Waals surface area contributed by atoms with Gasteiger partial charge < -0.3 is 0 Å². The van der Waals surface area contributed by atoms with Crippen LogP contribution in [0.4, 0.5) is 5.69 Å². The van der Waals surface area contributed by atoms with E-state index < -0.39 is 0 Å². The molecule has 0 saturated carbocycles. The summed E-state index contributed by atoms with van der Waals surface area (Å²) in [5, 5.41) is 0. The first kappa shape index (κ1) is 23.1. The molecule has 2 rings (SSSR count). The van der Waals surface area contributed by atoms with E-state index in [0.29, 0.717) is 5.92 Å². The number of benzene rings is 2. The van der Waals surface area contributed by atoms with Crippen LogP contribution < -0.4 is 0 Å². The predicted octanol–water partition coefficient (Wildman–Crippen LogP) is 7.91. The number of aliphatic imine (C=N–C) groups is 1. The Labute approximate surface area is 179 Å². The smallest absolute Gasteiger partial charge is 0.0661 e. The van der Waals surface area contributed by atoms with E-state index in [1.54, 1.807) is 0 Å². The van der Waals surface area contributed by atoms with Crippen molar-refractivity contribution in [3.63, 3.8) is 0 Å². The van der Waals surface area contributed by atoms with Gasteiger partial charge in [-0.05, 0) is 104 Å². The van der Waals surface area contributed by atoms with Crippen LogP contribution in [0.1, 0.15) is 74.4 Å². The molecule has 1 unspecified atom stereocenters. The lowest BCUT2D eigenvalue weighted by Gasteiger charge is -2.12. The number of hydrogen-bond donors (Lipinski definition) is 0. The Hall–Kier alpha value is -2.15. The second-order valence-electron chi connectivity index (χ2n) is 8.29. The number of rotatable bonds is 9. The molecular formula is C28H39N. The van der Waals surface area contributed by atoms with Crippen molar-refractivity contribution in [3.8, 4) is 0 Å². The molecule has 0 spiro atoms. The van der Waals surface area contributed by atoms with Crippen LogP contribution >= 0.6 is 0 Å². The molecule has 0 amide bonds. The summed E-state index contributed by atoms with van der Waals surface area (Å²) in [7, 11) is 0. The van der Waals surface area contributed by atoms with Crippen molar-refractivity contribution >= 4 is 11.9 Å². The van der Waals surface area contributed by atoms with Crippen LogP contribution in [0, 0.1) is 19.8 Å². The van der Waals surface area contributed by atoms with E-state index in [0.717, 1.165) is 37.8 Å². The largest absolute Gasteiger partial charge is 0.256 e. The molecule has 29 heavy (non-hydrogen) atoms. The second-order valence-corrected chi connectivity index (χ2v) is 8.29. The Bertz CT molecular complexity index is 848. The molecule has 0 aromatic heterocycles. The number of hydrogen-bond acceptors (Lipinski definition) is 1. The van der Waals surface area contributed by atoms with Gasteiger partial charge in [0.1, 0.15) is 0 Å². The van der Waals surface area contributed by atoms with Gasteiger partial charge in [0.2, 0.25) is 0 Å². The topological polar surface area (TPSA) is 12.4 Å². The minimum absolute atomic E-state index is 0.552. The Balaban J connectivity index is 2.17. The van der Waals surface area contributed by atoms with Gasteiger partial charge in [0.15, 0.2) is 0 Å². The normalized spacial score (nSPS) is 13.3. The van der Waals surface area contributed by atoms with E-state index in [1.807, 2.05) is 0 Å². The predicted molar refractivity (Wildman–Crippen MR) is 130 cm³/mol. The van der Waals surface area contributed by atoms with E-state index >= 15 is 0 Å². The monoisotopic (exact) mass is 389 g/mol. The minimum atomic E-state index is 0.552. The van der Waals surface area contributed by atoms with Gasteiger partial charge in [-0.2, -0.15) is 0 Å². The van der Waals surface area contributed by atoms with Crippen LogP contribution in [0.3, 0.4) is 0 Å². The molecule has 0 radical (unpaired) electrons. The number of allylic oxidation sites excluding steroid dienone is 2. The van der Waals surface area contributed by atoms with Crippen LogP contribution in [0.25, 0.3) is 0 Å². The summed E-state index contributed by atoms with van der Waals surface area (Å²) in [5.74, 6) is 0.552. The molecule has 0 fully saturated rings. The summed E-state index contributed by atoms with van der Waals surface area (Å²) in [6.07, 6.45) is 9.77. The summed E-state index contributed by atoms with van der Waals surface area (Å²) in [5.41, 5.74) is 10.8. The van der Waals surface area contributed by atoms with Crippen molar-refractivity contribution in [1.82, 2.24) is 0 Å². The molecule has 1 heteroatoms. The molecule has 0 bridgehead atoms. The van der Waals surface area contributed by atoms with Crippen molar-refractivity contribution in [2.45, 2.75) is 80.6 Å². The number of aryl methyl sites for hydroxylation is 6. The molecule has 0 heterocycles. The van der Waals surface area contributed by atoms with E-state index in [2.05, 4.69) is 91.1 Å². The highest BCUT2D eigenvalue weighted by Gasteiger charge is 2.07. The summed E-state index contributed by atoms with van der Waals surface area (Å²) < 4.78 is 0. The van der Waals surface area contributed by atoms with Gasteiger partial charge in [0, 0.05) is 6.21 Å². The molecule has 1 nitrogen and oxygen atoms in total. The lowest BCUT2D eigenvalue weighted by Crippen LogP contribution is -1.99. The van der Waals surface area contributed by atoms with Crippen molar-refractivity contribution in [2.75, 3.05) is 0 Å². The molecule has 156 valence electrons. The van der Waals surface area contributed by atoms with E-state index in [4.69, 9.17) is 4.99 Å². The molecule has 0 aliphatic rings. The lowest BCUT2D eigenvalue weighted by atomic mass is 9.95. The van der Waals surface area contributed by atoms with Gasteiger partial charge in [-0.25, -0.2) is 0 Å². The van der Waals surface area contributed by atoms with Crippen molar-refractivity contribution < 1.29 is 0 Å². The molecule has 2 aromatic rings. The van der Waals surface area contributed by atoms with Gasteiger partial charge in [-0.3, -0.25) is 4.99 Å². The zero-order valence-electron chi connectivity index (χ0n) is 19.6. The fourth-order valence-corrected chi connectivity index (χ4v) is 3.81. The Morgan fingerprint density at radius 1 is 0.862 bits per heavy atom. The average Bonchev–Trinajstić information content (AvgIpc) is 2.74. The highest BCUT2D eigenvalue weighted by atomic mass is 14.7. The first-order chi connectivity index (χ1) is 13.9. The van der Waals surface area contributed by atoms with Crippen LogP contribution in [0.2, 0.25) is 0 Å². The Morgan fingerprint density at radius 3 is 2.03 bits per heavy atom. The quantitative estimate of drug-likeness (QED) is 0.386. The standard InChI is InChI=1S/C28H39N/c1-8-20(5)26(11-4)19-29-28-15-21(6)27(14-22(28)7)13-12-25-17-23(9-2)16-24(10-3)18-25/h11,14-20H,8-10,12-13H2,1-7H3/b26-11-,29-19-. The zero-order valence-corrected chi connectivity index (χ0v) is 19.6. The fourth-order valence-electron chi connectivity index (χ4n) is 3.81. The van der Waals surface area contributed by atoms with Gasteiger partial charge in [0.25, 0.3) is 0 Å². The molecular weight excluding hydrogens is 350 g/mol. The van der Waals surface area contributed by atoms with E-state index in [-0.39, 0.29) is 0 Å². The second kappa shape index (κ2) is 11.1. The number of nitrogens with zero attached hydrogens (tertiary/aromatic N) is 1. The van der Waals surface area contributed by atoms with Crippen molar-refractivity contribution in [1.29, 1.82) is 0 Å². The van der Waals surface area contributed by atoms with Crippen LogP contribution in [-0.2, 0) is 25.7 Å². The highest BCUT2D eigenvalue weighted by molar-refractivity contribution is 5.82. The zero-order chi connectivity index (χ0) is 21.4. The first-order valence-electron chi connectivity index (χ1n) is 11.3. The third-order valence-electron chi connectivity index (χ3n) is 6.13. The van der Waals surface area contributed by atoms with Gasteiger partial charge in [-0.1, -0.05) is 58.0 Å². The van der Waals surface area contributed by atoms with Crippen molar-refractivity contribution in [2.24, 2.45) is 10.9 Å². The fraction of sp³-hybridized carbons (Fsp3) is 0.464. The third-order valence-corrected chi connectivity index (χ3v) is 6.13. The maximum atomic E-state index is 4.82. The van der Waals surface area contributed by atoms with Crippen LogP contribution in [0.5, 0.6) is 0 Å². The Morgan fingerprint density at radius 2 is 1.48 bits per heavy atom.